The van der Waals surface area contributed by atoms with Gasteiger partial charge in [-0.25, -0.2) is 0 Å². The van der Waals surface area contributed by atoms with Crippen molar-refractivity contribution in [1.82, 2.24) is 15.1 Å². The topological polar surface area (TPSA) is 39.1 Å². The molecule has 1 unspecified atom stereocenters. The van der Waals surface area contributed by atoms with Gasteiger partial charge in [0.15, 0.2) is 0 Å². The lowest BCUT2D eigenvalue weighted by molar-refractivity contribution is 0.184. The van der Waals surface area contributed by atoms with Crippen molar-refractivity contribution in [2.45, 2.75) is 25.9 Å². The third-order valence-corrected chi connectivity index (χ3v) is 2.31. The second-order valence-corrected chi connectivity index (χ2v) is 3.51. The van der Waals surface area contributed by atoms with Gasteiger partial charge in [0.25, 0.3) is 0 Å². The number of hydrogen-bond acceptors (Lipinski definition) is 3. The monoisotopic (exact) mass is 197 g/mol. The molecule has 0 radical (unpaired) electrons. The number of aryl methyl sites for hydroxylation is 1. The van der Waals surface area contributed by atoms with Crippen LogP contribution < -0.4 is 5.32 Å². The fraction of sp³-hybridized carbons (Fsp3) is 0.700. The molecule has 14 heavy (non-hydrogen) atoms. The van der Waals surface area contributed by atoms with E-state index in [9.17, 15) is 0 Å². The van der Waals surface area contributed by atoms with Gasteiger partial charge in [0.2, 0.25) is 0 Å². The van der Waals surface area contributed by atoms with Crippen molar-refractivity contribution in [2.75, 3.05) is 13.7 Å². The number of methoxy groups -OCH3 is 1. The highest BCUT2D eigenvalue weighted by atomic mass is 16.5. The second-order valence-electron chi connectivity index (χ2n) is 3.51. The maximum absolute atomic E-state index is 5.02. The molecule has 0 aliphatic rings. The minimum absolute atomic E-state index is 0.477. The van der Waals surface area contributed by atoms with Gasteiger partial charge in [0.05, 0.1) is 5.69 Å². The molecule has 0 spiro atoms. The number of nitrogens with one attached hydrogen (secondary N) is 1. The molecule has 1 aromatic heterocycles. The van der Waals surface area contributed by atoms with Crippen molar-refractivity contribution in [3.05, 3.63) is 18.0 Å². The Kier molecular flexibility index (Phi) is 4.62. The summed E-state index contributed by atoms with van der Waals surface area (Å²) in [6.07, 6.45) is 2.85. The van der Waals surface area contributed by atoms with Crippen LogP contribution in [0, 0.1) is 0 Å². The van der Waals surface area contributed by atoms with Gasteiger partial charge in [-0.3, -0.25) is 4.68 Å². The lowest BCUT2D eigenvalue weighted by Crippen LogP contribution is -2.27. The van der Waals surface area contributed by atoms with Crippen LogP contribution in [0.1, 0.15) is 19.0 Å². The molecule has 1 N–H and O–H groups in total. The minimum atomic E-state index is 0.477. The maximum Gasteiger partial charge on any atom is 0.0518 e. The van der Waals surface area contributed by atoms with Crippen LogP contribution in [-0.4, -0.2) is 29.5 Å². The number of hydrogen-bond donors (Lipinski definition) is 1. The van der Waals surface area contributed by atoms with E-state index in [2.05, 4.69) is 17.3 Å². The molecular weight excluding hydrogens is 178 g/mol. The molecule has 1 heterocycles. The number of ether oxygens (including phenoxy) is 1. The summed E-state index contributed by atoms with van der Waals surface area (Å²) in [5, 5.41) is 7.53. The summed E-state index contributed by atoms with van der Waals surface area (Å²) in [5.74, 6) is 0. The van der Waals surface area contributed by atoms with E-state index in [4.69, 9.17) is 4.74 Å². The van der Waals surface area contributed by atoms with E-state index < -0.39 is 0 Å². The molecular formula is C10H19N3O. The van der Waals surface area contributed by atoms with Crippen LogP contribution >= 0.6 is 0 Å². The van der Waals surface area contributed by atoms with E-state index in [-0.39, 0.29) is 0 Å². The number of aromatic nitrogens is 2. The zero-order chi connectivity index (χ0) is 10.4. The molecule has 4 heteroatoms. The molecule has 1 atom stereocenters. The Morgan fingerprint density at radius 1 is 1.64 bits per heavy atom. The highest BCUT2D eigenvalue weighted by Gasteiger charge is 2.02. The minimum Gasteiger partial charge on any atom is -0.385 e. The van der Waals surface area contributed by atoms with Crippen molar-refractivity contribution >= 4 is 0 Å². The zero-order valence-corrected chi connectivity index (χ0v) is 9.16. The molecule has 1 rings (SSSR count). The van der Waals surface area contributed by atoms with Crippen LogP contribution in [0.5, 0.6) is 0 Å². The van der Waals surface area contributed by atoms with Gasteiger partial charge in [-0.05, 0) is 19.4 Å². The predicted octanol–water partition coefficient (Wildman–Crippen LogP) is 0.935. The number of nitrogens with zero attached hydrogens (tertiary/aromatic N) is 2. The lowest BCUT2D eigenvalue weighted by Gasteiger charge is -2.12. The summed E-state index contributed by atoms with van der Waals surface area (Å²) >= 11 is 0. The summed E-state index contributed by atoms with van der Waals surface area (Å²) < 4.78 is 6.90. The van der Waals surface area contributed by atoms with Gasteiger partial charge in [-0.15, -0.1) is 0 Å². The second kappa shape index (κ2) is 5.78. The summed E-state index contributed by atoms with van der Waals surface area (Å²) in [6, 6.07) is 2.50. The van der Waals surface area contributed by atoms with Crippen LogP contribution in [0.4, 0.5) is 0 Å². The van der Waals surface area contributed by atoms with Gasteiger partial charge >= 0.3 is 0 Å². The Bertz CT molecular complexity index is 260. The quantitative estimate of drug-likeness (QED) is 0.737. The molecule has 0 saturated heterocycles. The molecule has 0 aliphatic heterocycles. The smallest absolute Gasteiger partial charge is 0.0518 e. The molecule has 80 valence electrons. The SMILES string of the molecule is COCCC(C)NCc1ccnn1C. The van der Waals surface area contributed by atoms with Crippen molar-refractivity contribution in [3.8, 4) is 0 Å². The summed E-state index contributed by atoms with van der Waals surface area (Å²) in [7, 11) is 3.69. The largest absolute Gasteiger partial charge is 0.385 e. The highest BCUT2D eigenvalue weighted by molar-refractivity contribution is 4.99. The molecule has 0 amide bonds. The molecule has 4 nitrogen and oxygen atoms in total. The van der Waals surface area contributed by atoms with Gasteiger partial charge in [0.1, 0.15) is 0 Å². The lowest BCUT2D eigenvalue weighted by atomic mass is 10.2. The molecule has 0 fully saturated rings. The fourth-order valence-electron chi connectivity index (χ4n) is 1.25. The highest BCUT2D eigenvalue weighted by Crippen LogP contribution is 1.98. The Morgan fingerprint density at radius 2 is 2.43 bits per heavy atom. The fourth-order valence-corrected chi connectivity index (χ4v) is 1.25. The first-order valence-corrected chi connectivity index (χ1v) is 4.93. The Hall–Kier alpha value is -0.870. The summed E-state index contributed by atoms with van der Waals surface area (Å²) in [5.41, 5.74) is 1.20. The van der Waals surface area contributed by atoms with Gasteiger partial charge < -0.3 is 10.1 Å². The van der Waals surface area contributed by atoms with Crippen LogP contribution in [0.15, 0.2) is 12.3 Å². The molecule has 0 saturated carbocycles. The Balaban J connectivity index is 2.23. The van der Waals surface area contributed by atoms with Gasteiger partial charge in [-0.1, -0.05) is 0 Å². The zero-order valence-electron chi connectivity index (χ0n) is 9.16. The first-order chi connectivity index (χ1) is 6.74. The maximum atomic E-state index is 5.02. The van der Waals surface area contributed by atoms with Crippen molar-refractivity contribution in [3.63, 3.8) is 0 Å². The Labute approximate surface area is 85.3 Å². The third kappa shape index (κ3) is 3.47. The van der Waals surface area contributed by atoms with E-state index in [0.29, 0.717) is 6.04 Å². The van der Waals surface area contributed by atoms with Crippen LogP contribution in [0.2, 0.25) is 0 Å². The van der Waals surface area contributed by atoms with Crippen LogP contribution in [0.25, 0.3) is 0 Å². The van der Waals surface area contributed by atoms with E-state index >= 15 is 0 Å². The molecule has 0 bridgehead atoms. The first kappa shape index (κ1) is 11.2. The van der Waals surface area contributed by atoms with E-state index in [1.165, 1.54) is 5.69 Å². The van der Waals surface area contributed by atoms with E-state index in [1.807, 2.05) is 24.0 Å². The number of rotatable bonds is 6. The third-order valence-electron chi connectivity index (χ3n) is 2.31. The van der Waals surface area contributed by atoms with Gasteiger partial charge in [0, 0.05) is 39.5 Å². The average molecular weight is 197 g/mol. The summed E-state index contributed by atoms with van der Waals surface area (Å²) in [4.78, 5) is 0. The van der Waals surface area contributed by atoms with E-state index in [1.54, 1.807) is 7.11 Å². The first-order valence-electron chi connectivity index (χ1n) is 4.93. The van der Waals surface area contributed by atoms with Crippen molar-refractivity contribution < 1.29 is 4.74 Å². The van der Waals surface area contributed by atoms with Gasteiger partial charge in [-0.2, -0.15) is 5.10 Å². The van der Waals surface area contributed by atoms with E-state index in [0.717, 1.165) is 19.6 Å². The Morgan fingerprint density at radius 3 is 3.00 bits per heavy atom. The van der Waals surface area contributed by atoms with Crippen molar-refractivity contribution in [2.24, 2.45) is 7.05 Å². The molecule has 1 aromatic rings. The van der Waals surface area contributed by atoms with Crippen LogP contribution in [-0.2, 0) is 18.3 Å². The standard InChI is InChI=1S/C10H19N3O/c1-9(5-7-14-3)11-8-10-4-6-12-13(10)2/h4,6,9,11H,5,7-8H2,1-3H3. The molecule has 0 aliphatic carbocycles. The summed E-state index contributed by atoms with van der Waals surface area (Å²) in [6.45, 7) is 3.83. The van der Waals surface area contributed by atoms with Crippen LogP contribution in [0.3, 0.4) is 0 Å². The average Bonchev–Trinajstić information content (AvgIpc) is 2.58. The normalized spacial score (nSPS) is 13.1. The van der Waals surface area contributed by atoms with Crippen molar-refractivity contribution in [1.29, 1.82) is 0 Å². The molecule has 0 aromatic carbocycles. The predicted molar refractivity (Wildman–Crippen MR) is 56.0 cm³/mol.